The second-order valence-corrected chi connectivity index (χ2v) is 9.04. The smallest absolute Gasteiger partial charge is 0.220 e. The molecule has 4 rings (SSSR count). The van der Waals surface area contributed by atoms with E-state index in [1.165, 1.54) is 23.9 Å². The zero-order valence-electron chi connectivity index (χ0n) is 19.8. The second-order valence-electron chi connectivity index (χ2n) is 7.87. The topological polar surface area (TPSA) is 92.3 Å². The Morgan fingerprint density at radius 1 is 1.06 bits per heavy atom. The Balaban J connectivity index is 1.62. The third kappa shape index (κ3) is 6.19. The molecule has 0 spiro atoms. The van der Waals surface area contributed by atoms with Crippen molar-refractivity contribution >= 4 is 11.8 Å². The van der Waals surface area contributed by atoms with Crippen LogP contribution >= 0.6 is 11.8 Å². The van der Waals surface area contributed by atoms with E-state index in [2.05, 4.69) is 10.2 Å². The Labute approximate surface area is 212 Å². The third-order valence-electron chi connectivity index (χ3n) is 5.31. The number of nitro groups is 1. The molecule has 0 radical (unpaired) electrons. The fraction of sp³-hybridized carbons (Fsp3) is 0.231. The molecular weight excluding hydrogens is 483 g/mol. The van der Waals surface area contributed by atoms with Crippen molar-refractivity contribution in [2.24, 2.45) is 0 Å². The Bertz CT molecular complexity index is 1330. The number of halogens is 1. The highest BCUT2D eigenvalue weighted by Crippen LogP contribution is 2.40. The van der Waals surface area contributed by atoms with Crippen LogP contribution in [0.3, 0.4) is 0 Å². The monoisotopic (exact) mass is 508 g/mol. The molecule has 0 aliphatic heterocycles. The number of benzene rings is 3. The van der Waals surface area contributed by atoms with Gasteiger partial charge >= 0.3 is 0 Å². The number of hydrogen-bond donors (Lipinski definition) is 0. The molecule has 4 aromatic rings. The van der Waals surface area contributed by atoms with Crippen LogP contribution in [-0.2, 0) is 6.61 Å². The molecule has 3 aromatic carbocycles. The molecule has 36 heavy (non-hydrogen) atoms. The van der Waals surface area contributed by atoms with Gasteiger partial charge in [0.25, 0.3) is 0 Å². The molecule has 0 unspecified atom stereocenters. The molecule has 186 valence electrons. The van der Waals surface area contributed by atoms with Crippen molar-refractivity contribution in [3.63, 3.8) is 0 Å². The molecule has 0 amide bonds. The van der Waals surface area contributed by atoms with Crippen molar-refractivity contribution in [2.45, 2.75) is 30.9 Å². The molecule has 1 atom stereocenters. The fourth-order valence-corrected chi connectivity index (χ4v) is 4.91. The molecule has 8 nitrogen and oxygen atoms in total. The molecule has 1 aromatic heterocycles. The minimum atomic E-state index is -0.603. The van der Waals surface area contributed by atoms with Crippen LogP contribution in [0.15, 0.2) is 78.0 Å². The van der Waals surface area contributed by atoms with Crippen LogP contribution < -0.4 is 9.47 Å². The quantitative estimate of drug-likeness (QED) is 0.144. The molecule has 0 N–H and O–H groups in total. The standard InChI is InChI=1S/C26H25FN4O4S/c1-3-34-22-13-11-21(12-14-22)31-18(2)28-29-26(31)36-25(16-30(32)33)23-9-4-5-10-24(23)35-17-19-7-6-8-20(27)15-19/h4-15,25H,3,16-17H2,1-2H3/t25-/m0/s1. The van der Waals surface area contributed by atoms with Gasteiger partial charge in [0.1, 0.15) is 35.0 Å². The number of ether oxygens (including phenoxy) is 2. The van der Waals surface area contributed by atoms with Gasteiger partial charge in [-0.2, -0.15) is 0 Å². The van der Waals surface area contributed by atoms with Crippen molar-refractivity contribution in [1.82, 2.24) is 14.8 Å². The maximum Gasteiger partial charge on any atom is 0.220 e. The Hall–Kier alpha value is -3.92. The summed E-state index contributed by atoms with van der Waals surface area (Å²) in [5, 5.41) is 20.0. The Morgan fingerprint density at radius 3 is 2.56 bits per heavy atom. The van der Waals surface area contributed by atoms with Crippen LogP contribution in [0, 0.1) is 22.9 Å². The van der Waals surface area contributed by atoms with E-state index in [9.17, 15) is 14.5 Å². The van der Waals surface area contributed by atoms with Crippen molar-refractivity contribution < 1.29 is 18.8 Å². The van der Waals surface area contributed by atoms with E-state index in [4.69, 9.17) is 9.47 Å². The summed E-state index contributed by atoms with van der Waals surface area (Å²) in [6.07, 6.45) is 0. The third-order valence-corrected chi connectivity index (χ3v) is 6.48. The molecule has 0 aliphatic carbocycles. The van der Waals surface area contributed by atoms with Gasteiger partial charge in [0.05, 0.1) is 6.61 Å². The lowest BCUT2D eigenvalue weighted by Gasteiger charge is -2.18. The van der Waals surface area contributed by atoms with Gasteiger partial charge in [0.2, 0.25) is 6.54 Å². The van der Waals surface area contributed by atoms with Gasteiger partial charge in [-0.3, -0.25) is 14.7 Å². The molecular formula is C26H25FN4O4S. The maximum atomic E-state index is 13.6. The van der Waals surface area contributed by atoms with Gasteiger partial charge in [0.15, 0.2) is 5.16 Å². The van der Waals surface area contributed by atoms with E-state index >= 15 is 0 Å². The summed E-state index contributed by atoms with van der Waals surface area (Å²) in [5.74, 6) is 1.54. The van der Waals surface area contributed by atoms with Gasteiger partial charge in [-0.25, -0.2) is 4.39 Å². The Morgan fingerprint density at radius 2 is 1.83 bits per heavy atom. The van der Waals surface area contributed by atoms with Crippen molar-refractivity contribution in [2.75, 3.05) is 13.2 Å². The number of para-hydroxylation sites is 1. The number of rotatable bonds is 11. The van der Waals surface area contributed by atoms with E-state index in [0.717, 1.165) is 11.4 Å². The minimum Gasteiger partial charge on any atom is -0.494 e. The fourth-order valence-electron chi connectivity index (χ4n) is 3.70. The van der Waals surface area contributed by atoms with Crippen molar-refractivity contribution in [3.8, 4) is 17.2 Å². The summed E-state index contributed by atoms with van der Waals surface area (Å²) in [6, 6.07) is 20.8. The van der Waals surface area contributed by atoms with Crippen molar-refractivity contribution in [1.29, 1.82) is 0 Å². The lowest BCUT2D eigenvalue weighted by Crippen LogP contribution is -2.12. The minimum absolute atomic E-state index is 0.131. The Kier molecular flexibility index (Phi) is 8.17. The van der Waals surface area contributed by atoms with E-state index < -0.39 is 5.25 Å². The van der Waals surface area contributed by atoms with Crippen LogP contribution in [0.2, 0.25) is 0 Å². The maximum absolute atomic E-state index is 13.6. The molecule has 0 fully saturated rings. The van der Waals surface area contributed by atoms with Crippen molar-refractivity contribution in [3.05, 3.63) is 106 Å². The first-order chi connectivity index (χ1) is 17.4. The van der Waals surface area contributed by atoms with Crippen LogP contribution in [0.5, 0.6) is 11.5 Å². The summed E-state index contributed by atoms with van der Waals surface area (Å²) < 4.78 is 26.9. The first kappa shape index (κ1) is 25.2. The zero-order valence-corrected chi connectivity index (χ0v) is 20.7. The second kappa shape index (κ2) is 11.7. The highest BCUT2D eigenvalue weighted by atomic mass is 32.2. The summed E-state index contributed by atoms with van der Waals surface area (Å²) in [5.41, 5.74) is 2.13. The molecule has 0 saturated heterocycles. The summed E-state index contributed by atoms with van der Waals surface area (Å²) >= 11 is 1.24. The summed E-state index contributed by atoms with van der Waals surface area (Å²) in [6.45, 7) is 4.09. The lowest BCUT2D eigenvalue weighted by molar-refractivity contribution is -0.479. The molecule has 0 saturated carbocycles. The van der Waals surface area contributed by atoms with Crippen LogP contribution in [0.25, 0.3) is 5.69 Å². The number of aryl methyl sites for hydroxylation is 1. The van der Waals surface area contributed by atoms with Gasteiger partial charge < -0.3 is 9.47 Å². The number of nitrogens with zero attached hydrogens (tertiary/aromatic N) is 4. The van der Waals surface area contributed by atoms with Crippen LogP contribution in [0.1, 0.15) is 29.1 Å². The van der Waals surface area contributed by atoms with Gasteiger partial charge in [-0.1, -0.05) is 42.1 Å². The van der Waals surface area contributed by atoms with Gasteiger partial charge in [0, 0.05) is 16.2 Å². The van der Waals surface area contributed by atoms with Gasteiger partial charge in [-0.05, 0) is 61.9 Å². The van der Waals surface area contributed by atoms with Gasteiger partial charge in [-0.15, -0.1) is 10.2 Å². The molecule has 0 aliphatic rings. The highest BCUT2D eigenvalue weighted by Gasteiger charge is 2.26. The number of thioether (sulfide) groups is 1. The number of hydrogen-bond acceptors (Lipinski definition) is 7. The first-order valence-corrected chi connectivity index (χ1v) is 12.2. The predicted molar refractivity (Wildman–Crippen MR) is 135 cm³/mol. The summed E-state index contributed by atoms with van der Waals surface area (Å²) in [4.78, 5) is 11.3. The largest absolute Gasteiger partial charge is 0.494 e. The van der Waals surface area contributed by atoms with E-state index in [1.807, 2.05) is 42.7 Å². The van der Waals surface area contributed by atoms with E-state index in [-0.39, 0.29) is 23.9 Å². The lowest BCUT2D eigenvalue weighted by atomic mass is 10.1. The SMILES string of the molecule is CCOc1ccc(-n2c(C)nnc2S[C@@H](C[N+](=O)[O-])c2ccccc2OCc2cccc(F)c2)cc1. The normalized spacial score (nSPS) is 11.8. The molecule has 1 heterocycles. The predicted octanol–water partition coefficient (Wildman–Crippen LogP) is 5.80. The molecule has 0 bridgehead atoms. The van der Waals surface area contributed by atoms with E-state index in [0.29, 0.717) is 34.5 Å². The van der Waals surface area contributed by atoms with Crippen LogP contribution in [0.4, 0.5) is 4.39 Å². The molecule has 10 heteroatoms. The highest BCUT2D eigenvalue weighted by molar-refractivity contribution is 7.99. The zero-order chi connectivity index (χ0) is 25.5. The summed E-state index contributed by atoms with van der Waals surface area (Å²) in [7, 11) is 0. The average molecular weight is 509 g/mol. The average Bonchev–Trinajstić information content (AvgIpc) is 3.23. The first-order valence-electron chi connectivity index (χ1n) is 11.3. The van der Waals surface area contributed by atoms with Crippen LogP contribution in [-0.4, -0.2) is 32.8 Å². The van der Waals surface area contributed by atoms with E-state index in [1.54, 1.807) is 36.4 Å². The number of aromatic nitrogens is 3.